The van der Waals surface area contributed by atoms with E-state index in [-0.39, 0.29) is 5.91 Å². The maximum absolute atomic E-state index is 11.5. The van der Waals surface area contributed by atoms with Gasteiger partial charge in [-0.2, -0.15) is 5.10 Å². The lowest BCUT2D eigenvalue weighted by atomic mass is 10.2. The fraction of sp³-hybridized carbons (Fsp3) is 0.455. The number of nitrogens with zero attached hydrogens (tertiary/aromatic N) is 3. The largest absolute Gasteiger partial charge is 0.342 e. The Kier molecular flexibility index (Phi) is 2.68. The number of fused-ring (bicyclic) bond motifs is 1. The van der Waals surface area contributed by atoms with E-state index in [0.29, 0.717) is 13.1 Å². The fourth-order valence-electron chi connectivity index (χ4n) is 1.99. The van der Waals surface area contributed by atoms with E-state index >= 15 is 0 Å². The van der Waals surface area contributed by atoms with E-state index in [2.05, 4.69) is 17.0 Å². The molecule has 0 saturated heterocycles. The number of carbonyl (C=O) groups excluding carboxylic acids is 1. The van der Waals surface area contributed by atoms with Gasteiger partial charge in [0.25, 0.3) is 0 Å². The topological polar surface area (TPSA) is 50.2 Å². The second-order valence-corrected chi connectivity index (χ2v) is 3.82. The van der Waals surface area contributed by atoms with Crippen LogP contribution in [0.2, 0.25) is 0 Å². The molecule has 86 valence electrons. The van der Waals surface area contributed by atoms with Gasteiger partial charge in [0.15, 0.2) is 5.82 Å². The van der Waals surface area contributed by atoms with Crippen LogP contribution >= 0.6 is 0 Å². The van der Waals surface area contributed by atoms with Gasteiger partial charge in [-0.15, -0.1) is 6.58 Å². The van der Waals surface area contributed by atoms with Crippen LogP contribution in [0.1, 0.15) is 12.6 Å². The lowest BCUT2D eigenvalue weighted by Gasteiger charge is -2.28. The van der Waals surface area contributed by atoms with E-state index in [1.165, 1.54) is 0 Å². The highest BCUT2D eigenvalue weighted by Crippen LogP contribution is 2.32. The zero-order chi connectivity index (χ0) is 11.7. The molecule has 1 amide bonds. The van der Waals surface area contributed by atoms with Crippen molar-refractivity contribution in [3.05, 3.63) is 18.3 Å². The van der Waals surface area contributed by atoms with Crippen LogP contribution in [0.15, 0.2) is 12.7 Å². The number of nitrogens with one attached hydrogen (secondary N) is 1. The molecule has 0 radical (unpaired) electrons. The number of hydrogen-bond acceptors (Lipinski definition) is 3. The van der Waals surface area contributed by atoms with E-state index in [1.54, 1.807) is 6.08 Å². The first-order valence-corrected chi connectivity index (χ1v) is 5.40. The Bertz CT molecular complexity index is 435. The van der Waals surface area contributed by atoms with Crippen LogP contribution in [0.25, 0.3) is 0 Å². The second-order valence-electron chi connectivity index (χ2n) is 3.82. The molecule has 0 fully saturated rings. The van der Waals surface area contributed by atoms with Crippen LogP contribution in [-0.4, -0.2) is 28.8 Å². The quantitative estimate of drug-likeness (QED) is 0.777. The third-order valence-electron chi connectivity index (χ3n) is 2.65. The summed E-state index contributed by atoms with van der Waals surface area (Å²) in [5, 5.41) is 7.28. The van der Waals surface area contributed by atoms with Crippen molar-refractivity contribution in [3.8, 4) is 0 Å². The Balaban J connectivity index is 2.49. The summed E-state index contributed by atoms with van der Waals surface area (Å²) < 4.78 is 1.91. The van der Waals surface area contributed by atoms with Gasteiger partial charge in [-0.3, -0.25) is 4.79 Å². The summed E-state index contributed by atoms with van der Waals surface area (Å²) >= 11 is 0. The second kappa shape index (κ2) is 4.00. The molecule has 1 aromatic rings. The monoisotopic (exact) mass is 220 g/mol. The van der Waals surface area contributed by atoms with E-state index in [0.717, 1.165) is 23.7 Å². The summed E-state index contributed by atoms with van der Waals surface area (Å²) in [6.45, 7) is 9.47. The molecule has 1 N–H and O–H groups in total. The van der Waals surface area contributed by atoms with Gasteiger partial charge in [0.1, 0.15) is 5.69 Å². The average Bonchev–Trinajstić information content (AvgIpc) is 2.56. The number of aryl methyl sites for hydroxylation is 2. The van der Waals surface area contributed by atoms with Crippen LogP contribution in [0.4, 0.5) is 11.5 Å². The summed E-state index contributed by atoms with van der Waals surface area (Å²) in [6, 6.07) is 0. The van der Waals surface area contributed by atoms with Crippen molar-refractivity contribution >= 4 is 17.4 Å². The third-order valence-corrected chi connectivity index (χ3v) is 2.65. The first-order valence-electron chi connectivity index (χ1n) is 5.40. The van der Waals surface area contributed by atoms with Crippen molar-refractivity contribution in [1.29, 1.82) is 0 Å². The van der Waals surface area contributed by atoms with E-state index in [1.807, 2.05) is 23.4 Å². The van der Waals surface area contributed by atoms with Crippen molar-refractivity contribution in [3.63, 3.8) is 0 Å². The number of rotatable bonds is 3. The van der Waals surface area contributed by atoms with Gasteiger partial charge < -0.3 is 10.2 Å². The molecular formula is C11H16N4O. The van der Waals surface area contributed by atoms with Gasteiger partial charge >= 0.3 is 0 Å². The minimum atomic E-state index is 0.00750. The average molecular weight is 220 g/mol. The first kappa shape index (κ1) is 10.7. The van der Waals surface area contributed by atoms with E-state index in [9.17, 15) is 4.79 Å². The number of anilines is 2. The van der Waals surface area contributed by atoms with Gasteiger partial charge in [0, 0.05) is 13.1 Å². The minimum Gasteiger partial charge on any atom is -0.342 e. The normalized spacial score (nSPS) is 14.6. The highest BCUT2D eigenvalue weighted by molar-refractivity contribution is 6.01. The molecule has 0 bridgehead atoms. The van der Waals surface area contributed by atoms with Gasteiger partial charge in [0.05, 0.1) is 12.2 Å². The molecule has 1 aliphatic rings. The molecule has 2 rings (SSSR count). The lowest BCUT2D eigenvalue weighted by Crippen LogP contribution is -2.39. The summed E-state index contributed by atoms with van der Waals surface area (Å²) in [6.07, 6.45) is 1.80. The Morgan fingerprint density at radius 1 is 1.62 bits per heavy atom. The molecule has 1 aromatic heterocycles. The van der Waals surface area contributed by atoms with Crippen molar-refractivity contribution < 1.29 is 4.79 Å². The number of hydrogen-bond donors (Lipinski definition) is 1. The van der Waals surface area contributed by atoms with E-state index < -0.39 is 0 Å². The van der Waals surface area contributed by atoms with Crippen molar-refractivity contribution in [2.24, 2.45) is 0 Å². The van der Waals surface area contributed by atoms with E-state index in [4.69, 9.17) is 0 Å². The predicted molar refractivity (Wildman–Crippen MR) is 63.7 cm³/mol. The molecule has 0 aromatic carbocycles. The Morgan fingerprint density at radius 2 is 2.38 bits per heavy atom. The summed E-state index contributed by atoms with van der Waals surface area (Å²) in [5.41, 5.74) is 1.69. The number of aromatic nitrogens is 2. The maximum atomic E-state index is 11.5. The molecule has 16 heavy (non-hydrogen) atoms. The van der Waals surface area contributed by atoms with Crippen molar-refractivity contribution in [2.75, 3.05) is 23.3 Å². The predicted octanol–water partition coefficient (Wildman–Crippen LogP) is 1.16. The standard InChI is InChI=1S/C11H16N4O/c1-4-6-14-7-9(16)12-10-8(3)13-15(5-2)11(10)14/h4H,1,5-7H2,2-3H3,(H,12,16). The Hall–Kier alpha value is -1.78. The molecule has 2 heterocycles. The van der Waals surface area contributed by atoms with Gasteiger partial charge in [-0.25, -0.2) is 4.68 Å². The summed E-state index contributed by atoms with van der Waals surface area (Å²) in [4.78, 5) is 13.5. The van der Waals surface area contributed by atoms with Gasteiger partial charge in [-0.05, 0) is 13.8 Å². The fourth-order valence-corrected chi connectivity index (χ4v) is 1.99. The van der Waals surface area contributed by atoms with Crippen molar-refractivity contribution in [2.45, 2.75) is 20.4 Å². The number of amides is 1. The smallest absolute Gasteiger partial charge is 0.244 e. The highest BCUT2D eigenvalue weighted by Gasteiger charge is 2.27. The molecule has 0 atom stereocenters. The summed E-state index contributed by atoms with van der Waals surface area (Å²) in [7, 11) is 0. The minimum absolute atomic E-state index is 0.00750. The van der Waals surface area contributed by atoms with Crippen molar-refractivity contribution in [1.82, 2.24) is 9.78 Å². The maximum Gasteiger partial charge on any atom is 0.244 e. The highest BCUT2D eigenvalue weighted by atomic mass is 16.2. The van der Waals surface area contributed by atoms with Crippen LogP contribution in [0.5, 0.6) is 0 Å². The van der Waals surface area contributed by atoms with Gasteiger partial charge in [-0.1, -0.05) is 6.08 Å². The molecule has 0 spiro atoms. The zero-order valence-corrected chi connectivity index (χ0v) is 9.66. The van der Waals surface area contributed by atoms with Gasteiger partial charge in [0.2, 0.25) is 5.91 Å². The molecule has 0 aliphatic carbocycles. The molecule has 0 unspecified atom stereocenters. The molecular weight excluding hydrogens is 204 g/mol. The zero-order valence-electron chi connectivity index (χ0n) is 9.66. The van der Waals surface area contributed by atoms with Crippen LogP contribution in [0, 0.1) is 6.92 Å². The Morgan fingerprint density at radius 3 is 3.00 bits per heavy atom. The molecule has 5 heteroatoms. The molecule has 1 aliphatic heterocycles. The Labute approximate surface area is 94.7 Å². The lowest BCUT2D eigenvalue weighted by molar-refractivity contribution is -0.115. The molecule has 5 nitrogen and oxygen atoms in total. The molecule has 0 saturated carbocycles. The van der Waals surface area contributed by atoms with Crippen LogP contribution in [0.3, 0.4) is 0 Å². The SMILES string of the molecule is C=CCN1CC(=O)Nc2c(C)nn(CC)c21. The summed E-state index contributed by atoms with van der Waals surface area (Å²) in [5.74, 6) is 0.993. The third kappa shape index (κ3) is 1.58. The van der Waals surface area contributed by atoms with Crippen LogP contribution < -0.4 is 10.2 Å². The number of carbonyl (C=O) groups is 1. The first-order chi connectivity index (χ1) is 7.67. The van der Waals surface area contributed by atoms with Crippen LogP contribution in [-0.2, 0) is 11.3 Å².